The first-order valence-corrected chi connectivity index (χ1v) is 5.50. The molecule has 0 fully saturated rings. The molecule has 0 aromatic heterocycles. The highest BCUT2D eigenvalue weighted by Gasteiger charge is 2.02. The first-order chi connectivity index (χ1) is 8.13. The van der Waals surface area contributed by atoms with Gasteiger partial charge < -0.3 is 20.7 Å². The zero-order valence-electron chi connectivity index (χ0n) is 10.3. The van der Waals surface area contributed by atoms with Crippen LogP contribution in [0, 0.1) is 0 Å². The standard InChI is InChI=1S/C12H19N3O2/c1-15(2)10-4-3-5-11(8-10)17-9-12(16)14-7-6-13/h3-5,8H,6-7,9,13H2,1-2H3,(H,14,16). The highest BCUT2D eigenvalue weighted by molar-refractivity contribution is 5.77. The van der Waals surface area contributed by atoms with Crippen molar-refractivity contribution in [2.75, 3.05) is 38.7 Å². The SMILES string of the molecule is CN(C)c1cccc(OCC(=O)NCCN)c1. The van der Waals surface area contributed by atoms with Crippen molar-refractivity contribution in [1.29, 1.82) is 0 Å². The number of hydrogen-bond acceptors (Lipinski definition) is 4. The van der Waals surface area contributed by atoms with E-state index in [0.717, 1.165) is 5.69 Å². The number of anilines is 1. The number of amides is 1. The molecule has 0 radical (unpaired) electrons. The van der Waals surface area contributed by atoms with Crippen molar-refractivity contribution >= 4 is 11.6 Å². The van der Waals surface area contributed by atoms with E-state index in [1.165, 1.54) is 0 Å². The highest BCUT2D eigenvalue weighted by atomic mass is 16.5. The Balaban J connectivity index is 2.46. The van der Waals surface area contributed by atoms with Crippen molar-refractivity contribution in [3.8, 4) is 5.75 Å². The van der Waals surface area contributed by atoms with Crippen LogP contribution < -0.4 is 20.7 Å². The maximum atomic E-state index is 11.3. The van der Waals surface area contributed by atoms with Crippen LogP contribution in [-0.2, 0) is 4.79 Å². The fourth-order valence-electron chi connectivity index (χ4n) is 1.26. The van der Waals surface area contributed by atoms with E-state index in [1.807, 2.05) is 43.3 Å². The predicted molar refractivity (Wildman–Crippen MR) is 68.3 cm³/mol. The van der Waals surface area contributed by atoms with Gasteiger partial charge in [0.25, 0.3) is 5.91 Å². The molecule has 94 valence electrons. The molecule has 0 aliphatic rings. The zero-order valence-corrected chi connectivity index (χ0v) is 10.3. The second-order valence-electron chi connectivity index (χ2n) is 3.82. The summed E-state index contributed by atoms with van der Waals surface area (Å²) in [5.74, 6) is 0.518. The van der Waals surface area contributed by atoms with Gasteiger partial charge in [0.1, 0.15) is 5.75 Å². The number of nitrogens with one attached hydrogen (secondary N) is 1. The van der Waals surface area contributed by atoms with Crippen LogP contribution in [0.5, 0.6) is 5.75 Å². The van der Waals surface area contributed by atoms with Gasteiger partial charge in [0.05, 0.1) is 0 Å². The van der Waals surface area contributed by atoms with Crippen molar-refractivity contribution in [2.24, 2.45) is 5.73 Å². The van der Waals surface area contributed by atoms with Crippen molar-refractivity contribution in [1.82, 2.24) is 5.32 Å². The van der Waals surface area contributed by atoms with Crippen LogP contribution in [0.15, 0.2) is 24.3 Å². The molecule has 0 unspecified atom stereocenters. The Morgan fingerprint density at radius 1 is 1.47 bits per heavy atom. The number of nitrogens with zero attached hydrogens (tertiary/aromatic N) is 1. The predicted octanol–water partition coefficient (Wildman–Crippen LogP) is 0.206. The molecule has 5 nitrogen and oxygen atoms in total. The first kappa shape index (κ1) is 13.3. The smallest absolute Gasteiger partial charge is 0.257 e. The average molecular weight is 237 g/mol. The maximum Gasteiger partial charge on any atom is 0.257 e. The highest BCUT2D eigenvalue weighted by Crippen LogP contribution is 2.18. The second kappa shape index (κ2) is 6.75. The third kappa shape index (κ3) is 4.74. The molecule has 0 atom stereocenters. The Hall–Kier alpha value is -1.75. The average Bonchev–Trinajstić information content (AvgIpc) is 2.34. The van der Waals surface area contributed by atoms with E-state index in [2.05, 4.69) is 5.32 Å². The molecule has 0 spiro atoms. The van der Waals surface area contributed by atoms with Crippen LogP contribution in [0.25, 0.3) is 0 Å². The number of benzene rings is 1. The topological polar surface area (TPSA) is 67.6 Å². The molecule has 1 aromatic carbocycles. The Labute approximate surface area is 102 Å². The van der Waals surface area contributed by atoms with E-state index < -0.39 is 0 Å². The normalized spacial score (nSPS) is 9.82. The van der Waals surface area contributed by atoms with Crippen molar-refractivity contribution < 1.29 is 9.53 Å². The number of hydrogen-bond donors (Lipinski definition) is 2. The number of carbonyl (C=O) groups is 1. The molecule has 0 heterocycles. The van der Waals surface area contributed by atoms with Crippen LogP contribution >= 0.6 is 0 Å². The van der Waals surface area contributed by atoms with Crippen molar-refractivity contribution in [2.45, 2.75) is 0 Å². The minimum atomic E-state index is -0.161. The van der Waals surface area contributed by atoms with Gasteiger partial charge in [-0.05, 0) is 12.1 Å². The molecule has 17 heavy (non-hydrogen) atoms. The number of ether oxygens (including phenoxy) is 1. The summed E-state index contributed by atoms with van der Waals surface area (Å²) in [6.45, 7) is 0.915. The summed E-state index contributed by atoms with van der Waals surface area (Å²) in [5.41, 5.74) is 6.31. The quantitative estimate of drug-likeness (QED) is 0.742. The molecule has 5 heteroatoms. The van der Waals surface area contributed by atoms with Gasteiger partial charge in [-0.1, -0.05) is 6.07 Å². The van der Waals surface area contributed by atoms with Gasteiger partial charge in [-0.15, -0.1) is 0 Å². The monoisotopic (exact) mass is 237 g/mol. The summed E-state index contributed by atoms with van der Waals surface area (Å²) in [5, 5.41) is 2.64. The van der Waals surface area contributed by atoms with Crippen LogP contribution in [-0.4, -0.2) is 39.7 Å². The van der Waals surface area contributed by atoms with Crippen LogP contribution in [0.1, 0.15) is 0 Å². The molecule has 0 bridgehead atoms. The van der Waals surface area contributed by atoms with Gasteiger partial charge >= 0.3 is 0 Å². The van der Waals surface area contributed by atoms with Crippen LogP contribution in [0.3, 0.4) is 0 Å². The Morgan fingerprint density at radius 3 is 2.88 bits per heavy atom. The molecule has 0 saturated heterocycles. The molecule has 1 rings (SSSR count). The molecular weight excluding hydrogens is 218 g/mol. The number of nitrogens with two attached hydrogens (primary N) is 1. The summed E-state index contributed by atoms with van der Waals surface area (Å²) < 4.78 is 5.38. The third-order valence-electron chi connectivity index (χ3n) is 2.17. The molecule has 1 amide bonds. The summed E-state index contributed by atoms with van der Waals surface area (Å²) in [6.07, 6.45) is 0. The van der Waals surface area contributed by atoms with Gasteiger partial charge in [-0.3, -0.25) is 4.79 Å². The fraction of sp³-hybridized carbons (Fsp3) is 0.417. The second-order valence-corrected chi connectivity index (χ2v) is 3.82. The summed E-state index contributed by atoms with van der Waals surface area (Å²) in [4.78, 5) is 13.3. The van der Waals surface area contributed by atoms with Crippen LogP contribution in [0.2, 0.25) is 0 Å². The Morgan fingerprint density at radius 2 is 2.24 bits per heavy atom. The van der Waals surface area contributed by atoms with E-state index in [1.54, 1.807) is 0 Å². The summed E-state index contributed by atoms with van der Waals surface area (Å²) in [7, 11) is 3.90. The lowest BCUT2D eigenvalue weighted by atomic mass is 10.3. The van der Waals surface area contributed by atoms with E-state index in [0.29, 0.717) is 18.8 Å². The first-order valence-electron chi connectivity index (χ1n) is 5.50. The van der Waals surface area contributed by atoms with Gasteiger partial charge in [0.15, 0.2) is 6.61 Å². The third-order valence-corrected chi connectivity index (χ3v) is 2.17. The Kier molecular flexibility index (Phi) is 5.29. The largest absolute Gasteiger partial charge is 0.484 e. The van der Waals surface area contributed by atoms with Crippen LogP contribution in [0.4, 0.5) is 5.69 Å². The van der Waals surface area contributed by atoms with E-state index in [-0.39, 0.29) is 12.5 Å². The summed E-state index contributed by atoms with van der Waals surface area (Å²) >= 11 is 0. The van der Waals surface area contributed by atoms with Gasteiger partial charge in [-0.2, -0.15) is 0 Å². The lowest BCUT2D eigenvalue weighted by molar-refractivity contribution is -0.123. The summed E-state index contributed by atoms with van der Waals surface area (Å²) in [6, 6.07) is 7.57. The number of carbonyl (C=O) groups excluding carboxylic acids is 1. The number of rotatable bonds is 6. The van der Waals surface area contributed by atoms with Crippen molar-refractivity contribution in [3.05, 3.63) is 24.3 Å². The maximum absolute atomic E-state index is 11.3. The molecular formula is C12H19N3O2. The van der Waals surface area contributed by atoms with E-state index in [9.17, 15) is 4.79 Å². The van der Waals surface area contributed by atoms with Gasteiger partial charge in [0.2, 0.25) is 0 Å². The molecule has 0 aliphatic carbocycles. The Bertz CT molecular complexity index is 367. The van der Waals surface area contributed by atoms with E-state index in [4.69, 9.17) is 10.5 Å². The minimum absolute atomic E-state index is 0.0108. The van der Waals surface area contributed by atoms with E-state index >= 15 is 0 Å². The molecule has 1 aromatic rings. The zero-order chi connectivity index (χ0) is 12.7. The van der Waals surface area contributed by atoms with Crippen molar-refractivity contribution in [3.63, 3.8) is 0 Å². The fourth-order valence-corrected chi connectivity index (χ4v) is 1.26. The van der Waals surface area contributed by atoms with Gasteiger partial charge in [-0.25, -0.2) is 0 Å². The van der Waals surface area contributed by atoms with Gasteiger partial charge in [0, 0.05) is 38.9 Å². The molecule has 3 N–H and O–H groups in total. The lowest BCUT2D eigenvalue weighted by Crippen LogP contribution is -2.32. The minimum Gasteiger partial charge on any atom is -0.484 e. The molecule has 0 aliphatic heterocycles. The lowest BCUT2D eigenvalue weighted by Gasteiger charge is -2.14. The molecule has 0 saturated carbocycles.